The van der Waals surface area contributed by atoms with Crippen LogP contribution < -0.4 is 0 Å². The normalized spacial score (nSPS) is 15.0. The Morgan fingerprint density at radius 3 is 1.93 bits per heavy atom. The van der Waals surface area contributed by atoms with Crippen molar-refractivity contribution in [1.82, 2.24) is 19.5 Å². The van der Waals surface area contributed by atoms with E-state index in [0.29, 0.717) is 17.6 Å². The molecule has 3 heterocycles. The van der Waals surface area contributed by atoms with Gasteiger partial charge < -0.3 is 4.42 Å². The highest BCUT2D eigenvalue weighted by Crippen LogP contribution is 2.53. The lowest BCUT2D eigenvalue weighted by molar-refractivity contribution is 0.565. The number of benzene rings is 7. The molecule has 7 aromatic carbocycles. The molecule has 0 spiro atoms. The number of fused-ring (bicyclic) bond motifs is 9. The fourth-order valence-electron chi connectivity index (χ4n) is 8.73. The number of aromatic nitrogens is 4. The summed E-state index contributed by atoms with van der Waals surface area (Å²) in [5.74, 6) is 1.86. The van der Waals surface area contributed by atoms with Crippen molar-refractivity contribution in [2.75, 3.05) is 0 Å². The van der Waals surface area contributed by atoms with Crippen LogP contribution in [0.15, 0.2) is 161 Å². The molecule has 0 radical (unpaired) electrons. The van der Waals surface area contributed by atoms with Crippen LogP contribution in [0.1, 0.15) is 31.4 Å². The van der Waals surface area contributed by atoms with Crippen LogP contribution in [0.3, 0.4) is 0 Å². The Kier molecular flexibility index (Phi) is 7.04. The Balaban J connectivity index is 1.21. The molecule has 1 aliphatic rings. The minimum absolute atomic E-state index is 0.132. The van der Waals surface area contributed by atoms with E-state index in [1.807, 2.05) is 48.5 Å². The average molecular weight is 774 g/mol. The van der Waals surface area contributed by atoms with E-state index in [9.17, 15) is 0 Å². The van der Waals surface area contributed by atoms with Crippen LogP contribution in [0.4, 0.5) is 0 Å². The second kappa shape index (κ2) is 12.1. The molecule has 1 aliphatic carbocycles. The van der Waals surface area contributed by atoms with Gasteiger partial charge in [0.1, 0.15) is 11.2 Å². The molecule has 11 rings (SSSR count). The molecule has 1 unspecified atom stereocenters. The maximum Gasteiger partial charge on any atom is 0.238 e. The van der Waals surface area contributed by atoms with Crippen LogP contribution in [0, 0.1) is 0 Å². The SMILES string of the molecule is CCC1(C)c2ccccc2-c2cc3c4cc(-c5ccc6oc7cccc(Br)c7c6c5)ccc4n(-c4nc(-c5ccccc5)nc(-c5ccccc5)n4)c3cc21. The molecule has 0 bridgehead atoms. The predicted molar refractivity (Wildman–Crippen MR) is 228 cm³/mol. The van der Waals surface area contributed by atoms with Gasteiger partial charge in [-0.1, -0.05) is 133 Å². The van der Waals surface area contributed by atoms with Gasteiger partial charge in [-0.25, -0.2) is 4.98 Å². The van der Waals surface area contributed by atoms with E-state index in [1.54, 1.807) is 0 Å². The lowest BCUT2D eigenvalue weighted by atomic mass is 9.78. The standard InChI is InChI=1S/C49H33BrN4O/c1-3-49(2)38-18-11-10-17-33(38)34-27-36-35-25-31(32-22-24-43-37(26-32)45-40(50)19-12-20-44(45)55-43)21-23-41(35)54(42(36)28-39(34)49)48-52-46(29-13-6-4-7-14-29)51-47(53-48)30-15-8-5-9-16-30/h4-28H,3H2,1-2H3. The smallest absolute Gasteiger partial charge is 0.238 e. The first-order valence-electron chi connectivity index (χ1n) is 18.7. The predicted octanol–water partition coefficient (Wildman–Crippen LogP) is 13.3. The maximum atomic E-state index is 6.23. The molecule has 5 nitrogen and oxygen atoms in total. The molecular formula is C49H33BrN4O. The second-order valence-electron chi connectivity index (χ2n) is 14.7. The van der Waals surface area contributed by atoms with Gasteiger partial charge in [0.05, 0.1) is 11.0 Å². The van der Waals surface area contributed by atoms with E-state index in [2.05, 4.69) is 137 Å². The molecular weight excluding hydrogens is 740 g/mol. The van der Waals surface area contributed by atoms with Crippen LogP contribution in [0.2, 0.25) is 0 Å². The Labute approximate surface area is 326 Å². The van der Waals surface area contributed by atoms with E-state index in [0.717, 1.165) is 76.9 Å². The zero-order valence-electron chi connectivity index (χ0n) is 30.2. The molecule has 0 amide bonds. The summed E-state index contributed by atoms with van der Waals surface area (Å²) in [6, 6.07) is 53.4. The van der Waals surface area contributed by atoms with Gasteiger partial charge in [0.15, 0.2) is 11.6 Å². The van der Waals surface area contributed by atoms with Crippen LogP contribution in [-0.4, -0.2) is 19.5 Å². The van der Waals surface area contributed by atoms with E-state index >= 15 is 0 Å². The van der Waals surface area contributed by atoms with Crippen LogP contribution in [-0.2, 0) is 5.41 Å². The summed E-state index contributed by atoms with van der Waals surface area (Å²) in [7, 11) is 0. The highest BCUT2D eigenvalue weighted by Gasteiger charge is 2.38. The van der Waals surface area contributed by atoms with E-state index in [1.165, 1.54) is 22.3 Å². The molecule has 0 saturated heterocycles. The number of nitrogens with zero attached hydrogens (tertiary/aromatic N) is 4. The Morgan fingerprint density at radius 1 is 0.545 bits per heavy atom. The number of halogens is 1. The molecule has 0 aliphatic heterocycles. The fourth-order valence-corrected chi connectivity index (χ4v) is 9.29. The number of rotatable bonds is 5. The van der Waals surface area contributed by atoms with Crippen molar-refractivity contribution in [3.63, 3.8) is 0 Å². The lowest BCUT2D eigenvalue weighted by Crippen LogP contribution is -2.19. The fraction of sp³-hybridized carbons (Fsp3) is 0.0816. The van der Waals surface area contributed by atoms with Gasteiger partial charge in [0.2, 0.25) is 5.95 Å². The molecule has 3 aromatic heterocycles. The summed E-state index contributed by atoms with van der Waals surface area (Å²) in [5.41, 5.74) is 13.1. The van der Waals surface area contributed by atoms with Crippen molar-refractivity contribution in [1.29, 1.82) is 0 Å². The largest absolute Gasteiger partial charge is 0.456 e. The second-order valence-corrected chi connectivity index (χ2v) is 15.5. The molecule has 262 valence electrons. The van der Waals surface area contributed by atoms with Gasteiger partial charge in [0, 0.05) is 42.6 Å². The summed E-state index contributed by atoms with van der Waals surface area (Å²) in [4.78, 5) is 15.5. The highest BCUT2D eigenvalue weighted by atomic mass is 79.9. The third-order valence-corrected chi connectivity index (χ3v) is 12.3. The first kappa shape index (κ1) is 32.1. The molecule has 0 saturated carbocycles. The van der Waals surface area contributed by atoms with Gasteiger partial charge in [-0.2, -0.15) is 9.97 Å². The summed E-state index contributed by atoms with van der Waals surface area (Å²) in [6.07, 6.45) is 0.982. The van der Waals surface area contributed by atoms with Gasteiger partial charge in [-0.3, -0.25) is 4.57 Å². The highest BCUT2D eigenvalue weighted by molar-refractivity contribution is 9.10. The quantitative estimate of drug-likeness (QED) is 0.175. The Hall–Kier alpha value is -6.37. The molecule has 55 heavy (non-hydrogen) atoms. The van der Waals surface area contributed by atoms with Gasteiger partial charge in [-0.15, -0.1) is 0 Å². The number of hydrogen-bond acceptors (Lipinski definition) is 4. The summed E-state index contributed by atoms with van der Waals surface area (Å²) < 4.78 is 9.50. The summed E-state index contributed by atoms with van der Waals surface area (Å²) in [5, 5.41) is 4.47. The van der Waals surface area contributed by atoms with Crippen molar-refractivity contribution < 1.29 is 4.42 Å². The van der Waals surface area contributed by atoms with Crippen LogP contribution in [0.5, 0.6) is 0 Å². The molecule has 10 aromatic rings. The van der Waals surface area contributed by atoms with Gasteiger partial charge in [-0.05, 0) is 88.3 Å². The first-order valence-corrected chi connectivity index (χ1v) is 19.5. The van der Waals surface area contributed by atoms with Crippen LogP contribution >= 0.6 is 15.9 Å². The monoisotopic (exact) mass is 772 g/mol. The van der Waals surface area contributed by atoms with Gasteiger partial charge >= 0.3 is 0 Å². The van der Waals surface area contributed by atoms with E-state index < -0.39 is 0 Å². The maximum absolute atomic E-state index is 6.23. The topological polar surface area (TPSA) is 56.7 Å². The zero-order valence-corrected chi connectivity index (χ0v) is 31.8. The van der Waals surface area contributed by atoms with Crippen molar-refractivity contribution in [2.45, 2.75) is 25.7 Å². The minimum Gasteiger partial charge on any atom is -0.456 e. The zero-order chi connectivity index (χ0) is 36.8. The third kappa shape index (κ3) is 4.81. The molecule has 6 heteroatoms. The third-order valence-electron chi connectivity index (χ3n) is 11.7. The van der Waals surface area contributed by atoms with Gasteiger partial charge in [0.25, 0.3) is 0 Å². The van der Waals surface area contributed by atoms with Crippen molar-refractivity contribution >= 4 is 59.7 Å². The Bertz CT molecular complexity index is 3110. The first-order chi connectivity index (χ1) is 27.0. The summed E-state index contributed by atoms with van der Waals surface area (Å²) >= 11 is 3.77. The van der Waals surface area contributed by atoms with E-state index in [-0.39, 0.29) is 5.41 Å². The molecule has 1 atom stereocenters. The Morgan fingerprint density at radius 2 is 1.20 bits per heavy atom. The average Bonchev–Trinajstić information content (AvgIpc) is 3.86. The van der Waals surface area contributed by atoms with E-state index in [4.69, 9.17) is 19.4 Å². The number of hydrogen-bond donors (Lipinski definition) is 0. The van der Waals surface area contributed by atoms with Crippen molar-refractivity contribution in [2.24, 2.45) is 0 Å². The molecule has 0 fully saturated rings. The van der Waals surface area contributed by atoms with Crippen molar-refractivity contribution in [3.05, 3.63) is 167 Å². The molecule has 0 N–H and O–H groups in total. The minimum atomic E-state index is -0.132. The van der Waals surface area contributed by atoms with Crippen molar-refractivity contribution in [3.8, 4) is 51.0 Å². The summed E-state index contributed by atoms with van der Waals surface area (Å²) in [6.45, 7) is 4.67. The number of furan rings is 1. The van der Waals surface area contributed by atoms with Crippen LogP contribution in [0.25, 0.3) is 94.7 Å². The lowest BCUT2D eigenvalue weighted by Gasteiger charge is -2.25.